The van der Waals surface area contributed by atoms with Crippen LogP contribution in [0.1, 0.15) is 38.8 Å². The molecule has 114 valence electrons. The van der Waals surface area contributed by atoms with E-state index in [0.29, 0.717) is 10.6 Å². The molecule has 0 saturated heterocycles. The van der Waals surface area contributed by atoms with Crippen molar-refractivity contribution in [2.45, 2.75) is 52.1 Å². The van der Waals surface area contributed by atoms with E-state index >= 15 is 0 Å². The number of sulfonamides is 1. The SMILES string of the molecule is Cc1c(CN)cc(Cl)cc1S(=O)(=O)NC(C)C(C)(C)C. The molecule has 0 radical (unpaired) electrons. The van der Waals surface area contributed by atoms with E-state index in [9.17, 15) is 8.42 Å². The zero-order valence-corrected chi connectivity index (χ0v) is 14.2. The number of halogens is 1. The number of hydrogen-bond donors (Lipinski definition) is 2. The number of rotatable bonds is 4. The molecule has 1 unspecified atom stereocenters. The highest BCUT2D eigenvalue weighted by Gasteiger charge is 2.27. The highest BCUT2D eigenvalue weighted by atomic mass is 35.5. The first-order valence-electron chi connectivity index (χ1n) is 6.50. The van der Waals surface area contributed by atoms with E-state index in [2.05, 4.69) is 4.72 Å². The second-order valence-corrected chi connectivity index (χ2v) is 8.22. The molecular formula is C14H23ClN2O2S. The summed E-state index contributed by atoms with van der Waals surface area (Å²) in [4.78, 5) is 0.196. The van der Waals surface area contributed by atoms with Gasteiger partial charge in [0, 0.05) is 17.6 Å². The fourth-order valence-electron chi connectivity index (χ4n) is 1.67. The van der Waals surface area contributed by atoms with Crippen molar-refractivity contribution in [2.24, 2.45) is 11.1 Å². The second-order valence-electron chi connectivity index (χ2n) is 6.10. The van der Waals surface area contributed by atoms with Crippen molar-refractivity contribution in [3.8, 4) is 0 Å². The lowest BCUT2D eigenvalue weighted by molar-refractivity contribution is 0.317. The molecule has 0 bridgehead atoms. The van der Waals surface area contributed by atoms with Crippen LogP contribution in [0.4, 0.5) is 0 Å². The molecule has 20 heavy (non-hydrogen) atoms. The summed E-state index contributed by atoms with van der Waals surface area (Å²) in [6.45, 7) is 9.79. The van der Waals surface area contributed by atoms with Gasteiger partial charge >= 0.3 is 0 Å². The van der Waals surface area contributed by atoms with Gasteiger partial charge in [-0.3, -0.25) is 0 Å². The van der Waals surface area contributed by atoms with Gasteiger partial charge in [-0.2, -0.15) is 0 Å². The lowest BCUT2D eigenvalue weighted by Gasteiger charge is -2.28. The van der Waals surface area contributed by atoms with Crippen LogP contribution in [0.15, 0.2) is 17.0 Å². The van der Waals surface area contributed by atoms with Crippen molar-refractivity contribution < 1.29 is 8.42 Å². The molecule has 0 aromatic heterocycles. The summed E-state index contributed by atoms with van der Waals surface area (Å²) < 4.78 is 27.7. The molecule has 0 fully saturated rings. The Balaban J connectivity index is 3.26. The highest BCUT2D eigenvalue weighted by Crippen LogP contribution is 2.26. The molecule has 0 aliphatic carbocycles. The predicted octanol–water partition coefficient (Wildman–Crippen LogP) is 2.82. The maximum absolute atomic E-state index is 12.5. The summed E-state index contributed by atoms with van der Waals surface area (Å²) in [5, 5.41) is 0.375. The van der Waals surface area contributed by atoms with Crippen molar-refractivity contribution in [3.05, 3.63) is 28.3 Å². The van der Waals surface area contributed by atoms with Crippen LogP contribution in [0.5, 0.6) is 0 Å². The molecule has 0 aliphatic heterocycles. The molecule has 1 aromatic carbocycles. The Morgan fingerprint density at radius 2 is 1.90 bits per heavy atom. The Bertz CT molecular complexity index is 592. The molecule has 0 amide bonds. The van der Waals surface area contributed by atoms with Crippen molar-refractivity contribution >= 4 is 21.6 Å². The van der Waals surface area contributed by atoms with Crippen molar-refractivity contribution in [1.29, 1.82) is 0 Å². The topological polar surface area (TPSA) is 72.2 Å². The van der Waals surface area contributed by atoms with Crippen LogP contribution in [-0.2, 0) is 16.6 Å². The molecule has 0 aliphatic rings. The largest absolute Gasteiger partial charge is 0.326 e. The number of nitrogens with two attached hydrogens (primary N) is 1. The Morgan fingerprint density at radius 1 is 1.35 bits per heavy atom. The van der Waals surface area contributed by atoms with Gasteiger partial charge in [0.1, 0.15) is 0 Å². The summed E-state index contributed by atoms with van der Waals surface area (Å²) in [7, 11) is -3.62. The van der Waals surface area contributed by atoms with Gasteiger partial charge in [0.2, 0.25) is 10.0 Å². The zero-order valence-electron chi connectivity index (χ0n) is 12.6. The van der Waals surface area contributed by atoms with Crippen LogP contribution in [0, 0.1) is 12.3 Å². The Kier molecular flexibility index (Phi) is 5.24. The first-order chi connectivity index (χ1) is 8.99. The predicted molar refractivity (Wildman–Crippen MR) is 83.3 cm³/mol. The van der Waals surface area contributed by atoms with Crippen LogP contribution in [-0.4, -0.2) is 14.5 Å². The monoisotopic (exact) mass is 318 g/mol. The highest BCUT2D eigenvalue weighted by molar-refractivity contribution is 7.89. The van der Waals surface area contributed by atoms with Crippen LogP contribution in [0.25, 0.3) is 0 Å². The van der Waals surface area contributed by atoms with Crippen LogP contribution in [0.2, 0.25) is 5.02 Å². The van der Waals surface area contributed by atoms with E-state index in [-0.39, 0.29) is 22.9 Å². The quantitative estimate of drug-likeness (QED) is 0.896. The summed E-state index contributed by atoms with van der Waals surface area (Å²) in [6.07, 6.45) is 0. The summed E-state index contributed by atoms with van der Waals surface area (Å²) >= 11 is 5.99. The van der Waals surface area contributed by atoms with Crippen molar-refractivity contribution in [3.63, 3.8) is 0 Å². The summed E-state index contributed by atoms with van der Waals surface area (Å²) in [5.74, 6) is 0. The molecule has 0 heterocycles. The number of hydrogen-bond acceptors (Lipinski definition) is 3. The maximum atomic E-state index is 12.5. The van der Waals surface area contributed by atoms with Gasteiger partial charge in [0.15, 0.2) is 0 Å². The standard InChI is InChI=1S/C14H23ClN2O2S/c1-9-11(8-16)6-12(15)7-13(9)20(18,19)17-10(2)14(3,4)5/h6-7,10,17H,8,16H2,1-5H3. The van der Waals surface area contributed by atoms with E-state index in [1.807, 2.05) is 27.7 Å². The van der Waals surface area contributed by atoms with Crippen LogP contribution < -0.4 is 10.5 Å². The second kappa shape index (κ2) is 6.02. The van der Waals surface area contributed by atoms with E-state index in [0.717, 1.165) is 5.56 Å². The third-order valence-electron chi connectivity index (χ3n) is 3.57. The van der Waals surface area contributed by atoms with E-state index in [4.69, 9.17) is 17.3 Å². The van der Waals surface area contributed by atoms with Crippen LogP contribution in [0.3, 0.4) is 0 Å². The third-order valence-corrected chi connectivity index (χ3v) is 5.46. The van der Waals surface area contributed by atoms with E-state index in [1.54, 1.807) is 13.0 Å². The fourth-order valence-corrected chi connectivity index (χ4v) is 3.74. The zero-order chi connectivity index (χ0) is 15.7. The first kappa shape index (κ1) is 17.4. The smallest absolute Gasteiger partial charge is 0.241 e. The van der Waals surface area contributed by atoms with E-state index in [1.165, 1.54) is 6.07 Å². The maximum Gasteiger partial charge on any atom is 0.241 e. The van der Waals surface area contributed by atoms with Gasteiger partial charge in [-0.15, -0.1) is 0 Å². The van der Waals surface area contributed by atoms with Gasteiger partial charge < -0.3 is 5.73 Å². The molecule has 3 N–H and O–H groups in total. The van der Waals surface area contributed by atoms with Crippen molar-refractivity contribution in [2.75, 3.05) is 0 Å². The Hall–Kier alpha value is -0.620. The van der Waals surface area contributed by atoms with Crippen LogP contribution >= 0.6 is 11.6 Å². The normalized spacial score (nSPS) is 14.3. The number of nitrogens with one attached hydrogen (secondary N) is 1. The number of benzene rings is 1. The average Bonchev–Trinajstić information content (AvgIpc) is 2.29. The summed E-state index contributed by atoms with van der Waals surface area (Å²) in [5.41, 5.74) is 6.84. The minimum atomic E-state index is -3.62. The van der Waals surface area contributed by atoms with Gasteiger partial charge in [-0.1, -0.05) is 32.4 Å². The van der Waals surface area contributed by atoms with Crippen molar-refractivity contribution in [1.82, 2.24) is 4.72 Å². The van der Waals surface area contributed by atoms with Gasteiger partial charge in [-0.05, 0) is 42.5 Å². The molecule has 4 nitrogen and oxygen atoms in total. The minimum absolute atomic E-state index is 0.170. The van der Waals surface area contributed by atoms with Gasteiger partial charge in [0.25, 0.3) is 0 Å². The lowest BCUT2D eigenvalue weighted by atomic mass is 9.89. The Morgan fingerprint density at radius 3 is 2.35 bits per heavy atom. The molecule has 0 spiro atoms. The molecular weight excluding hydrogens is 296 g/mol. The van der Waals surface area contributed by atoms with E-state index < -0.39 is 10.0 Å². The first-order valence-corrected chi connectivity index (χ1v) is 8.36. The average molecular weight is 319 g/mol. The van der Waals surface area contributed by atoms with Gasteiger partial charge in [0.05, 0.1) is 4.90 Å². The molecule has 6 heteroatoms. The van der Waals surface area contributed by atoms with Gasteiger partial charge in [-0.25, -0.2) is 13.1 Å². The summed E-state index contributed by atoms with van der Waals surface area (Å²) in [6, 6.07) is 2.96. The third kappa shape index (κ3) is 3.95. The Labute approximate surface area is 126 Å². The minimum Gasteiger partial charge on any atom is -0.326 e. The fraction of sp³-hybridized carbons (Fsp3) is 0.571. The molecule has 1 rings (SSSR count). The molecule has 0 saturated carbocycles. The lowest BCUT2D eigenvalue weighted by Crippen LogP contribution is -2.41. The molecule has 1 aromatic rings. The molecule has 1 atom stereocenters.